The monoisotopic (exact) mass is 329 g/mol. The Bertz CT molecular complexity index is 722. The van der Waals surface area contributed by atoms with E-state index in [2.05, 4.69) is 24.3 Å². The number of carbonyl (C=O) groups excluding carboxylic acids is 1. The molecule has 2 rings (SSSR count). The van der Waals surface area contributed by atoms with Crippen molar-refractivity contribution < 1.29 is 4.79 Å². The van der Waals surface area contributed by atoms with E-state index < -0.39 is 0 Å². The molecule has 1 aromatic carbocycles. The molecule has 0 bridgehead atoms. The summed E-state index contributed by atoms with van der Waals surface area (Å²) in [6.07, 6.45) is 7.45. The van der Waals surface area contributed by atoms with E-state index in [0.29, 0.717) is 11.9 Å². The normalized spacial score (nSPS) is 11.1. The van der Waals surface area contributed by atoms with Crippen molar-refractivity contribution >= 4 is 16.7 Å². The van der Waals surface area contributed by atoms with E-state index >= 15 is 0 Å². The van der Waals surface area contributed by atoms with Crippen LogP contribution in [0.2, 0.25) is 0 Å². The van der Waals surface area contributed by atoms with Crippen LogP contribution in [0.25, 0.3) is 10.8 Å². The van der Waals surface area contributed by atoms with Gasteiger partial charge in [0.2, 0.25) is 5.91 Å². The van der Waals surface area contributed by atoms with Crippen LogP contribution in [0, 0.1) is 5.92 Å². The van der Waals surface area contributed by atoms with Crippen LogP contribution < -0.4 is 10.9 Å². The average molecular weight is 329 g/mol. The van der Waals surface area contributed by atoms with E-state index in [1.165, 1.54) is 23.9 Å². The Hall–Kier alpha value is -2.17. The minimum absolute atomic E-state index is 0.0307. The van der Waals surface area contributed by atoms with Gasteiger partial charge in [-0.3, -0.25) is 9.59 Å². The summed E-state index contributed by atoms with van der Waals surface area (Å²) in [5.74, 6) is 0.597. The molecule has 5 heteroatoms. The minimum Gasteiger partial charge on any atom is -0.354 e. The molecule has 0 unspecified atom stereocenters. The number of fused-ring (bicyclic) bond motifs is 1. The van der Waals surface area contributed by atoms with Crippen LogP contribution in [0.4, 0.5) is 0 Å². The number of carbonyl (C=O) groups is 1. The van der Waals surface area contributed by atoms with Crippen molar-refractivity contribution in [3.8, 4) is 0 Å². The summed E-state index contributed by atoms with van der Waals surface area (Å²) in [6, 6.07) is 7.27. The molecule has 0 atom stereocenters. The molecule has 1 aromatic heterocycles. The zero-order valence-electron chi connectivity index (χ0n) is 14.6. The van der Waals surface area contributed by atoms with E-state index in [0.717, 1.165) is 24.1 Å². The van der Waals surface area contributed by atoms with Gasteiger partial charge >= 0.3 is 0 Å². The summed E-state index contributed by atoms with van der Waals surface area (Å²) in [7, 11) is 0. The SMILES string of the molecule is CC(C)CCCCCCNC(=O)Cn1ncc2ccccc2c1=O. The molecule has 1 amide bonds. The van der Waals surface area contributed by atoms with Gasteiger partial charge in [-0.05, 0) is 18.4 Å². The highest BCUT2D eigenvalue weighted by Crippen LogP contribution is 2.09. The Labute approximate surface area is 143 Å². The maximum atomic E-state index is 12.3. The molecule has 5 nitrogen and oxygen atoms in total. The number of hydrogen-bond acceptors (Lipinski definition) is 3. The van der Waals surface area contributed by atoms with Gasteiger partial charge in [0.15, 0.2) is 0 Å². The summed E-state index contributed by atoms with van der Waals surface area (Å²) < 4.78 is 1.22. The molecular formula is C19H27N3O2. The first kappa shape index (κ1) is 18.2. The molecule has 2 aromatic rings. The number of amides is 1. The van der Waals surface area contributed by atoms with Crippen molar-refractivity contribution in [1.82, 2.24) is 15.1 Å². The second-order valence-electron chi connectivity index (χ2n) is 6.64. The van der Waals surface area contributed by atoms with Crippen LogP contribution in [-0.2, 0) is 11.3 Å². The molecule has 0 aliphatic carbocycles. The highest BCUT2D eigenvalue weighted by atomic mass is 16.2. The highest BCUT2D eigenvalue weighted by Gasteiger charge is 2.07. The van der Waals surface area contributed by atoms with Crippen LogP contribution in [-0.4, -0.2) is 22.2 Å². The fraction of sp³-hybridized carbons (Fsp3) is 0.526. The lowest BCUT2D eigenvalue weighted by Crippen LogP contribution is -2.34. The highest BCUT2D eigenvalue weighted by molar-refractivity contribution is 5.81. The molecule has 0 saturated heterocycles. The van der Waals surface area contributed by atoms with Gasteiger partial charge in [0.25, 0.3) is 5.56 Å². The van der Waals surface area contributed by atoms with Crippen LogP contribution in [0.5, 0.6) is 0 Å². The molecule has 0 aliphatic rings. The first-order chi connectivity index (χ1) is 11.6. The number of rotatable bonds is 9. The smallest absolute Gasteiger partial charge is 0.275 e. The summed E-state index contributed by atoms with van der Waals surface area (Å²) in [5, 5.41) is 8.32. The van der Waals surface area contributed by atoms with E-state index in [-0.39, 0.29) is 18.0 Å². The van der Waals surface area contributed by atoms with Crippen LogP contribution in [0.15, 0.2) is 35.3 Å². The maximum Gasteiger partial charge on any atom is 0.275 e. The molecular weight excluding hydrogens is 302 g/mol. The summed E-state index contributed by atoms with van der Waals surface area (Å²) >= 11 is 0. The maximum absolute atomic E-state index is 12.3. The number of benzene rings is 1. The van der Waals surface area contributed by atoms with E-state index in [9.17, 15) is 9.59 Å². The van der Waals surface area contributed by atoms with Crippen molar-refractivity contribution in [2.24, 2.45) is 5.92 Å². The lowest BCUT2D eigenvalue weighted by Gasteiger charge is -2.08. The van der Waals surface area contributed by atoms with Gasteiger partial charge in [-0.2, -0.15) is 5.10 Å². The Morgan fingerprint density at radius 1 is 1.17 bits per heavy atom. The van der Waals surface area contributed by atoms with Gasteiger partial charge in [-0.15, -0.1) is 0 Å². The Kier molecular flexibility index (Phi) is 6.97. The molecule has 0 aliphatic heterocycles. The third-order valence-corrected chi connectivity index (χ3v) is 4.09. The number of nitrogens with one attached hydrogen (secondary N) is 1. The Morgan fingerprint density at radius 2 is 1.92 bits per heavy atom. The van der Waals surface area contributed by atoms with Crippen molar-refractivity contribution in [2.45, 2.75) is 52.5 Å². The standard InChI is InChI=1S/C19H27N3O2/c1-15(2)9-5-3-4-8-12-20-18(23)14-22-19(24)17-11-7-6-10-16(17)13-21-22/h6-7,10-11,13,15H,3-5,8-9,12,14H2,1-2H3,(H,20,23). The van der Waals surface area contributed by atoms with Crippen LogP contribution >= 0.6 is 0 Å². The molecule has 0 saturated carbocycles. The van der Waals surface area contributed by atoms with Crippen molar-refractivity contribution in [3.63, 3.8) is 0 Å². The third-order valence-electron chi connectivity index (χ3n) is 4.09. The van der Waals surface area contributed by atoms with Gasteiger partial charge in [0, 0.05) is 11.9 Å². The predicted molar refractivity (Wildman–Crippen MR) is 96.9 cm³/mol. The fourth-order valence-corrected chi connectivity index (χ4v) is 2.69. The zero-order valence-corrected chi connectivity index (χ0v) is 14.6. The van der Waals surface area contributed by atoms with Gasteiger partial charge < -0.3 is 5.32 Å². The molecule has 1 heterocycles. The van der Waals surface area contributed by atoms with Gasteiger partial charge in [0.1, 0.15) is 6.54 Å². The number of nitrogens with zero attached hydrogens (tertiary/aromatic N) is 2. The number of aromatic nitrogens is 2. The fourth-order valence-electron chi connectivity index (χ4n) is 2.69. The van der Waals surface area contributed by atoms with E-state index in [4.69, 9.17) is 0 Å². The van der Waals surface area contributed by atoms with Gasteiger partial charge in [-0.1, -0.05) is 57.7 Å². The first-order valence-corrected chi connectivity index (χ1v) is 8.79. The molecule has 130 valence electrons. The lowest BCUT2D eigenvalue weighted by molar-refractivity contribution is -0.121. The number of unbranched alkanes of at least 4 members (excludes halogenated alkanes) is 3. The molecule has 0 fully saturated rings. The summed E-state index contributed by atoms with van der Waals surface area (Å²) in [5.41, 5.74) is -0.225. The average Bonchev–Trinajstić information content (AvgIpc) is 2.56. The second kappa shape index (κ2) is 9.21. The number of hydrogen-bond donors (Lipinski definition) is 1. The topological polar surface area (TPSA) is 64.0 Å². The van der Waals surface area contributed by atoms with Crippen molar-refractivity contribution in [3.05, 3.63) is 40.8 Å². The molecule has 0 radical (unpaired) electrons. The van der Waals surface area contributed by atoms with Gasteiger partial charge in [0.05, 0.1) is 11.6 Å². The quantitative estimate of drug-likeness (QED) is 0.719. The van der Waals surface area contributed by atoms with Crippen LogP contribution in [0.1, 0.15) is 46.0 Å². The largest absolute Gasteiger partial charge is 0.354 e. The van der Waals surface area contributed by atoms with Crippen molar-refractivity contribution in [1.29, 1.82) is 0 Å². The third kappa shape index (κ3) is 5.48. The van der Waals surface area contributed by atoms with Crippen LogP contribution in [0.3, 0.4) is 0 Å². The summed E-state index contributed by atoms with van der Waals surface area (Å²) in [6.45, 7) is 5.10. The Balaban J connectivity index is 1.75. The Morgan fingerprint density at radius 3 is 2.71 bits per heavy atom. The molecule has 24 heavy (non-hydrogen) atoms. The van der Waals surface area contributed by atoms with E-state index in [1.807, 2.05) is 18.2 Å². The zero-order chi connectivity index (χ0) is 17.4. The molecule has 1 N–H and O–H groups in total. The van der Waals surface area contributed by atoms with E-state index in [1.54, 1.807) is 12.3 Å². The van der Waals surface area contributed by atoms with Gasteiger partial charge in [-0.25, -0.2) is 4.68 Å². The second-order valence-corrected chi connectivity index (χ2v) is 6.64. The predicted octanol–water partition coefficient (Wildman–Crippen LogP) is 3.12. The lowest BCUT2D eigenvalue weighted by atomic mass is 10.0. The van der Waals surface area contributed by atoms with Crippen molar-refractivity contribution in [2.75, 3.05) is 6.54 Å². The first-order valence-electron chi connectivity index (χ1n) is 8.79. The minimum atomic E-state index is -0.225. The molecule has 0 spiro atoms. The summed E-state index contributed by atoms with van der Waals surface area (Å²) in [4.78, 5) is 24.3.